The molecule has 1 aromatic carbocycles. The van der Waals surface area contributed by atoms with Gasteiger partial charge in [0.1, 0.15) is 17.9 Å². The lowest BCUT2D eigenvalue weighted by Gasteiger charge is -2.28. The summed E-state index contributed by atoms with van der Waals surface area (Å²) in [5.74, 6) is 1.09. The molecule has 1 heterocycles. The van der Waals surface area contributed by atoms with Crippen molar-refractivity contribution in [2.24, 2.45) is 13.0 Å². The molecule has 0 saturated carbocycles. The molecule has 2 atom stereocenters. The molecule has 150 valence electrons. The lowest BCUT2D eigenvalue weighted by molar-refractivity contribution is -0.121. The molecule has 0 aliphatic rings. The number of nitrogens with zero attached hydrogens (tertiary/aromatic N) is 4. The van der Waals surface area contributed by atoms with Crippen LogP contribution in [0.3, 0.4) is 0 Å². The highest BCUT2D eigenvalue weighted by atomic mass is 35.5. The molecule has 0 aliphatic carbocycles. The van der Waals surface area contributed by atoms with Gasteiger partial charge in [-0.15, -0.1) is 10.2 Å². The van der Waals surface area contributed by atoms with Gasteiger partial charge in [-0.05, 0) is 44.0 Å². The molecule has 0 fully saturated rings. The molecule has 1 amide bonds. The average Bonchev–Trinajstić information content (AvgIpc) is 3.00. The molecule has 9 heteroatoms. The van der Waals surface area contributed by atoms with Crippen molar-refractivity contribution in [1.82, 2.24) is 20.1 Å². The van der Waals surface area contributed by atoms with Gasteiger partial charge in [-0.3, -0.25) is 4.79 Å². The van der Waals surface area contributed by atoms with E-state index in [4.69, 9.17) is 16.3 Å². The molecule has 0 saturated heterocycles. The van der Waals surface area contributed by atoms with Gasteiger partial charge in [-0.2, -0.15) is 5.26 Å². The van der Waals surface area contributed by atoms with Gasteiger partial charge in [0.2, 0.25) is 5.91 Å². The number of amides is 1. The third-order valence-electron chi connectivity index (χ3n) is 4.53. The summed E-state index contributed by atoms with van der Waals surface area (Å²) in [6.45, 7) is 7.54. The van der Waals surface area contributed by atoms with Crippen molar-refractivity contribution < 1.29 is 9.53 Å². The number of rotatable bonds is 8. The Kier molecular flexibility index (Phi) is 7.33. The fourth-order valence-corrected chi connectivity index (χ4v) is 3.08. The van der Waals surface area contributed by atoms with Gasteiger partial charge in [-0.1, -0.05) is 37.2 Å². The van der Waals surface area contributed by atoms with Gasteiger partial charge in [0.25, 0.3) is 0 Å². The van der Waals surface area contributed by atoms with Gasteiger partial charge in [0.15, 0.2) is 11.0 Å². The molecule has 7 nitrogen and oxygen atoms in total. The predicted molar refractivity (Wildman–Crippen MR) is 109 cm³/mol. The third kappa shape index (κ3) is 5.40. The van der Waals surface area contributed by atoms with Gasteiger partial charge < -0.3 is 14.6 Å². The first-order chi connectivity index (χ1) is 13.2. The smallest absolute Gasteiger partial charge is 0.234 e. The van der Waals surface area contributed by atoms with E-state index in [1.807, 2.05) is 20.9 Å². The Labute approximate surface area is 174 Å². The van der Waals surface area contributed by atoms with Crippen LogP contribution in [0.15, 0.2) is 29.4 Å². The van der Waals surface area contributed by atoms with Crippen LogP contribution in [0.25, 0.3) is 0 Å². The maximum absolute atomic E-state index is 12.5. The number of ether oxygens (including phenoxy) is 1. The molecular weight excluding hydrogens is 398 g/mol. The number of nitriles is 1. The van der Waals surface area contributed by atoms with Crippen LogP contribution < -0.4 is 10.1 Å². The first-order valence-electron chi connectivity index (χ1n) is 8.83. The number of nitrogens with one attached hydrogen (secondary N) is 1. The summed E-state index contributed by atoms with van der Waals surface area (Å²) < 4.78 is 7.48. The number of carbonyl (C=O) groups excluding carboxylic acids is 1. The van der Waals surface area contributed by atoms with E-state index in [1.165, 1.54) is 11.8 Å². The highest BCUT2D eigenvalue weighted by molar-refractivity contribution is 8.00. The lowest BCUT2D eigenvalue weighted by atomic mass is 9.90. The van der Waals surface area contributed by atoms with E-state index in [2.05, 4.69) is 21.6 Å². The van der Waals surface area contributed by atoms with Crippen molar-refractivity contribution in [2.45, 2.75) is 50.2 Å². The zero-order chi connectivity index (χ0) is 20.9. The summed E-state index contributed by atoms with van der Waals surface area (Å²) in [5.41, 5.74) is -0.913. The van der Waals surface area contributed by atoms with E-state index in [-0.39, 0.29) is 18.4 Å². The van der Waals surface area contributed by atoms with E-state index < -0.39 is 10.8 Å². The Bertz CT molecular complexity index is 862. The SMILES string of the molecule is CC(C)[C@](C)(C#N)NC(=O)[C@@H](C)Sc1nnc(COc2ccc(Cl)cc2)n1C. The van der Waals surface area contributed by atoms with Crippen LogP contribution in [-0.2, 0) is 18.4 Å². The highest BCUT2D eigenvalue weighted by Gasteiger charge is 2.32. The van der Waals surface area contributed by atoms with Gasteiger partial charge in [0, 0.05) is 12.1 Å². The Morgan fingerprint density at radius 1 is 1.36 bits per heavy atom. The van der Waals surface area contributed by atoms with Crippen molar-refractivity contribution in [2.75, 3.05) is 0 Å². The number of hydrogen-bond donors (Lipinski definition) is 1. The molecule has 0 aliphatic heterocycles. The number of hydrogen-bond acceptors (Lipinski definition) is 6. The van der Waals surface area contributed by atoms with Crippen LogP contribution in [0, 0.1) is 17.2 Å². The number of carbonyl (C=O) groups is 1. The molecule has 0 radical (unpaired) electrons. The summed E-state index contributed by atoms with van der Waals surface area (Å²) in [6, 6.07) is 9.24. The summed E-state index contributed by atoms with van der Waals surface area (Å²) in [4.78, 5) is 12.5. The second-order valence-electron chi connectivity index (χ2n) is 6.92. The van der Waals surface area contributed by atoms with Gasteiger partial charge in [-0.25, -0.2) is 0 Å². The topological polar surface area (TPSA) is 92.8 Å². The second kappa shape index (κ2) is 9.30. The van der Waals surface area contributed by atoms with E-state index in [0.29, 0.717) is 21.8 Å². The molecule has 2 rings (SSSR count). The van der Waals surface area contributed by atoms with Crippen LogP contribution in [-0.4, -0.2) is 31.5 Å². The summed E-state index contributed by atoms with van der Waals surface area (Å²) in [5, 5.41) is 21.3. The summed E-state index contributed by atoms with van der Waals surface area (Å²) in [7, 11) is 1.82. The van der Waals surface area contributed by atoms with Crippen LogP contribution in [0.1, 0.15) is 33.5 Å². The predicted octanol–water partition coefficient (Wildman–Crippen LogP) is 3.58. The quantitative estimate of drug-likeness (QED) is 0.655. The number of aromatic nitrogens is 3. The zero-order valence-corrected chi connectivity index (χ0v) is 18.1. The monoisotopic (exact) mass is 421 g/mol. The van der Waals surface area contributed by atoms with E-state index in [0.717, 1.165) is 0 Å². The molecule has 28 heavy (non-hydrogen) atoms. The van der Waals surface area contributed by atoms with Crippen molar-refractivity contribution in [3.63, 3.8) is 0 Å². The van der Waals surface area contributed by atoms with E-state index >= 15 is 0 Å². The summed E-state index contributed by atoms with van der Waals surface area (Å²) >= 11 is 7.14. The van der Waals surface area contributed by atoms with Crippen LogP contribution in [0.5, 0.6) is 5.75 Å². The van der Waals surface area contributed by atoms with Crippen LogP contribution in [0.4, 0.5) is 0 Å². The number of thioether (sulfide) groups is 1. The standard InChI is InChI=1S/C19H24ClN5O2S/c1-12(2)19(4,11-21)22-17(26)13(3)28-18-24-23-16(25(18)5)10-27-15-8-6-14(20)7-9-15/h6-9,12-13H,10H2,1-5H3,(H,22,26)/t13-,19+/m1/s1. The molecule has 0 bridgehead atoms. The molecule has 2 aromatic rings. The Morgan fingerprint density at radius 3 is 2.57 bits per heavy atom. The molecule has 1 aromatic heterocycles. The van der Waals surface area contributed by atoms with Crippen molar-refractivity contribution in [3.05, 3.63) is 35.1 Å². The minimum absolute atomic E-state index is 0.00917. The highest BCUT2D eigenvalue weighted by Crippen LogP contribution is 2.24. The fraction of sp³-hybridized carbons (Fsp3) is 0.474. The first-order valence-corrected chi connectivity index (χ1v) is 10.1. The number of benzene rings is 1. The minimum atomic E-state index is -0.913. The van der Waals surface area contributed by atoms with Crippen molar-refractivity contribution >= 4 is 29.3 Å². The first kappa shape index (κ1) is 22.1. The molecular formula is C19H24ClN5O2S. The average molecular weight is 422 g/mol. The van der Waals surface area contributed by atoms with Gasteiger partial charge in [0.05, 0.1) is 11.3 Å². The zero-order valence-electron chi connectivity index (χ0n) is 16.6. The maximum Gasteiger partial charge on any atom is 0.234 e. The largest absolute Gasteiger partial charge is 0.486 e. The Morgan fingerprint density at radius 2 is 2.00 bits per heavy atom. The molecule has 0 unspecified atom stereocenters. The maximum atomic E-state index is 12.5. The lowest BCUT2D eigenvalue weighted by Crippen LogP contribution is -2.51. The van der Waals surface area contributed by atoms with Crippen molar-refractivity contribution in [1.29, 1.82) is 5.26 Å². The minimum Gasteiger partial charge on any atom is -0.486 e. The van der Waals surface area contributed by atoms with Crippen LogP contribution >= 0.6 is 23.4 Å². The van der Waals surface area contributed by atoms with Gasteiger partial charge >= 0.3 is 0 Å². The van der Waals surface area contributed by atoms with E-state index in [1.54, 1.807) is 42.7 Å². The molecule has 0 spiro atoms. The molecule has 1 N–H and O–H groups in total. The van der Waals surface area contributed by atoms with Crippen LogP contribution in [0.2, 0.25) is 5.02 Å². The van der Waals surface area contributed by atoms with Crippen molar-refractivity contribution in [3.8, 4) is 11.8 Å². The summed E-state index contributed by atoms with van der Waals surface area (Å²) in [6.07, 6.45) is 0. The normalized spacial score (nSPS) is 14.2. The Hall–Kier alpha value is -2.24. The third-order valence-corrected chi connectivity index (χ3v) is 5.91. The second-order valence-corrected chi connectivity index (χ2v) is 8.66. The fourth-order valence-electron chi connectivity index (χ4n) is 2.12. The number of halogens is 1. The van der Waals surface area contributed by atoms with E-state index in [9.17, 15) is 10.1 Å². The Balaban J connectivity index is 1.98.